The van der Waals surface area contributed by atoms with E-state index in [0.29, 0.717) is 25.4 Å². The van der Waals surface area contributed by atoms with Gasteiger partial charge in [-0.15, -0.1) is 13.2 Å². The Hall–Kier alpha value is -1.58. The number of carbonyl (C=O) groups is 2. The molecule has 0 heterocycles. The molecular formula is C17H28N2O2. The first-order chi connectivity index (χ1) is 10.1. The van der Waals surface area contributed by atoms with E-state index in [9.17, 15) is 9.59 Å². The van der Waals surface area contributed by atoms with Crippen LogP contribution in [0.15, 0.2) is 25.3 Å². The van der Waals surface area contributed by atoms with Crippen LogP contribution in [0.1, 0.15) is 45.4 Å². The maximum Gasteiger partial charge on any atom is 0.245 e. The van der Waals surface area contributed by atoms with Crippen LogP contribution in [0.4, 0.5) is 0 Å². The van der Waals surface area contributed by atoms with Crippen molar-refractivity contribution in [2.24, 2.45) is 5.92 Å². The van der Waals surface area contributed by atoms with Crippen LogP contribution in [-0.4, -0.2) is 35.8 Å². The van der Waals surface area contributed by atoms with Gasteiger partial charge in [0.2, 0.25) is 11.8 Å². The van der Waals surface area contributed by atoms with Gasteiger partial charge in [0.05, 0.1) is 0 Å². The fourth-order valence-electron chi connectivity index (χ4n) is 2.85. The largest absolute Gasteiger partial charge is 0.345 e. The summed E-state index contributed by atoms with van der Waals surface area (Å²) < 4.78 is 0. The maximum atomic E-state index is 12.2. The van der Waals surface area contributed by atoms with Crippen molar-refractivity contribution in [2.75, 3.05) is 13.1 Å². The van der Waals surface area contributed by atoms with E-state index in [-0.39, 0.29) is 11.8 Å². The van der Waals surface area contributed by atoms with E-state index in [2.05, 4.69) is 18.5 Å². The fourth-order valence-corrected chi connectivity index (χ4v) is 2.85. The van der Waals surface area contributed by atoms with Gasteiger partial charge < -0.3 is 10.2 Å². The van der Waals surface area contributed by atoms with Gasteiger partial charge in [0.1, 0.15) is 6.04 Å². The summed E-state index contributed by atoms with van der Waals surface area (Å²) in [7, 11) is 0. The molecule has 1 rings (SSSR count). The van der Waals surface area contributed by atoms with Crippen molar-refractivity contribution in [3.8, 4) is 0 Å². The Kier molecular flexibility index (Phi) is 7.80. The molecule has 1 atom stereocenters. The van der Waals surface area contributed by atoms with Crippen molar-refractivity contribution in [1.29, 1.82) is 0 Å². The van der Waals surface area contributed by atoms with Crippen molar-refractivity contribution in [1.82, 2.24) is 10.2 Å². The molecule has 0 aromatic rings. The van der Waals surface area contributed by atoms with Crippen molar-refractivity contribution in [3.63, 3.8) is 0 Å². The van der Waals surface area contributed by atoms with E-state index >= 15 is 0 Å². The van der Waals surface area contributed by atoms with Gasteiger partial charge in [0, 0.05) is 19.5 Å². The SMILES string of the molecule is C=CCN(CC=C)C(=O)C(C)NC(=O)CCC1CCCC1. The first kappa shape index (κ1) is 17.5. The molecule has 0 aromatic carbocycles. The summed E-state index contributed by atoms with van der Waals surface area (Å²) in [5.41, 5.74) is 0. The number of carbonyl (C=O) groups excluding carboxylic acids is 2. The molecule has 4 heteroatoms. The molecule has 0 bridgehead atoms. The van der Waals surface area contributed by atoms with Crippen LogP contribution in [0, 0.1) is 5.92 Å². The zero-order valence-corrected chi connectivity index (χ0v) is 13.1. The number of nitrogens with one attached hydrogen (secondary N) is 1. The molecule has 1 aliphatic rings. The standard InChI is InChI=1S/C17H28N2O2/c1-4-12-19(13-5-2)17(21)14(3)18-16(20)11-10-15-8-6-7-9-15/h4-5,14-15H,1-2,6-13H2,3H3,(H,18,20). The lowest BCUT2D eigenvalue weighted by Gasteiger charge is -2.24. The molecular weight excluding hydrogens is 264 g/mol. The van der Waals surface area contributed by atoms with Gasteiger partial charge in [0.15, 0.2) is 0 Å². The Morgan fingerprint density at radius 3 is 2.33 bits per heavy atom. The van der Waals surface area contributed by atoms with Crippen LogP contribution >= 0.6 is 0 Å². The molecule has 1 unspecified atom stereocenters. The van der Waals surface area contributed by atoms with Crippen molar-refractivity contribution >= 4 is 11.8 Å². The third kappa shape index (κ3) is 6.15. The number of rotatable bonds is 9. The predicted octanol–water partition coefficient (Wildman–Crippen LogP) is 2.66. The Morgan fingerprint density at radius 2 is 1.81 bits per heavy atom. The fraction of sp³-hybridized carbons (Fsp3) is 0.647. The highest BCUT2D eigenvalue weighted by Gasteiger charge is 2.21. The smallest absolute Gasteiger partial charge is 0.245 e. The second-order valence-corrected chi connectivity index (χ2v) is 5.80. The molecule has 1 saturated carbocycles. The van der Waals surface area contributed by atoms with E-state index in [4.69, 9.17) is 0 Å². The monoisotopic (exact) mass is 292 g/mol. The molecule has 0 radical (unpaired) electrons. The first-order valence-electron chi connectivity index (χ1n) is 7.88. The average molecular weight is 292 g/mol. The Morgan fingerprint density at radius 1 is 1.24 bits per heavy atom. The second-order valence-electron chi connectivity index (χ2n) is 5.80. The Balaban J connectivity index is 2.36. The highest BCUT2D eigenvalue weighted by Crippen LogP contribution is 2.28. The zero-order valence-electron chi connectivity index (χ0n) is 13.1. The van der Waals surface area contributed by atoms with Gasteiger partial charge in [0.25, 0.3) is 0 Å². The Bertz CT molecular complexity index is 363. The third-order valence-electron chi connectivity index (χ3n) is 4.01. The van der Waals surface area contributed by atoms with E-state index in [1.807, 2.05) is 0 Å². The van der Waals surface area contributed by atoms with E-state index in [1.165, 1.54) is 25.7 Å². The number of nitrogens with zero attached hydrogens (tertiary/aromatic N) is 1. The van der Waals surface area contributed by atoms with Crippen LogP contribution in [0.2, 0.25) is 0 Å². The van der Waals surface area contributed by atoms with Crippen LogP contribution in [0.3, 0.4) is 0 Å². The van der Waals surface area contributed by atoms with Crippen LogP contribution in [0.5, 0.6) is 0 Å². The average Bonchev–Trinajstić information content (AvgIpc) is 2.97. The van der Waals surface area contributed by atoms with Crippen LogP contribution in [-0.2, 0) is 9.59 Å². The van der Waals surface area contributed by atoms with Crippen LogP contribution in [0.25, 0.3) is 0 Å². The predicted molar refractivity (Wildman–Crippen MR) is 85.8 cm³/mol. The minimum atomic E-state index is -0.499. The zero-order chi connectivity index (χ0) is 15.7. The number of hydrogen-bond donors (Lipinski definition) is 1. The summed E-state index contributed by atoms with van der Waals surface area (Å²) in [5.74, 6) is 0.573. The summed E-state index contributed by atoms with van der Waals surface area (Å²) in [6.45, 7) is 9.95. The maximum absolute atomic E-state index is 12.2. The van der Waals surface area contributed by atoms with Gasteiger partial charge in [-0.2, -0.15) is 0 Å². The highest BCUT2D eigenvalue weighted by molar-refractivity contribution is 5.87. The molecule has 1 fully saturated rings. The van der Waals surface area contributed by atoms with E-state index in [1.54, 1.807) is 24.0 Å². The molecule has 0 saturated heterocycles. The molecule has 0 aromatic heterocycles. The quantitative estimate of drug-likeness (QED) is 0.664. The lowest BCUT2D eigenvalue weighted by Crippen LogP contribution is -2.47. The Labute approximate surface area is 128 Å². The summed E-state index contributed by atoms with van der Waals surface area (Å²) in [4.78, 5) is 25.8. The normalized spacial score (nSPS) is 16.2. The van der Waals surface area contributed by atoms with Crippen molar-refractivity contribution in [3.05, 3.63) is 25.3 Å². The summed E-state index contributed by atoms with van der Waals surface area (Å²) >= 11 is 0. The first-order valence-corrected chi connectivity index (χ1v) is 7.88. The topological polar surface area (TPSA) is 49.4 Å². The highest BCUT2D eigenvalue weighted by atomic mass is 16.2. The van der Waals surface area contributed by atoms with Crippen molar-refractivity contribution < 1.29 is 9.59 Å². The van der Waals surface area contributed by atoms with E-state index < -0.39 is 6.04 Å². The second kappa shape index (κ2) is 9.37. The van der Waals surface area contributed by atoms with Crippen LogP contribution < -0.4 is 5.32 Å². The summed E-state index contributed by atoms with van der Waals surface area (Å²) in [5, 5.41) is 2.80. The molecule has 1 N–H and O–H groups in total. The minimum Gasteiger partial charge on any atom is -0.345 e. The van der Waals surface area contributed by atoms with Gasteiger partial charge in [-0.25, -0.2) is 0 Å². The molecule has 2 amide bonds. The van der Waals surface area contributed by atoms with Gasteiger partial charge in [-0.05, 0) is 19.3 Å². The number of hydrogen-bond acceptors (Lipinski definition) is 2. The number of amides is 2. The molecule has 0 spiro atoms. The molecule has 118 valence electrons. The van der Waals surface area contributed by atoms with E-state index in [0.717, 1.165) is 6.42 Å². The van der Waals surface area contributed by atoms with Gasteiger partial charge in [-0.1, -0.05) is 37.8 Å². The summed E-state index contributed by atoms with van der Waals surface area (Å²) in [6, 6.07) is -0.499. The molecule has 0 aliphatic heterocycles. The summed E-state index contributed by atoms with van der Waals surface area (Å²) in [6.07, 6.45) is 9.88. The third-order valence-corrected chi connectivity index (χ3v) is 4.01. The lowest BCUT2D eigenvalue weighted by molar-refractivity contribution is -0.135. The lowest BCUT2D eigenvalue weighted by atomic mass is 10.0. The van der Waals surface area contributed by atoms with Crippen molar-refractivity contribution in [2.45, 2.75) is 51.5 Å². The van der Waals surface area contributed by atoms with Gasteiger partial charge >= 0.3 is 0 Å². The molecule has 1 aliphatic carbocycles. The van der Waals surface area contributed by atoms with Gasteiger partial charge in [-0.3, -0.25) is 9.59 Å². The minimum absolute atomic E-state index is 0.0279. The molecule has 4 nitrogen and oxygen atoms in total. The molecule has 21 heavy (non-hydrogen) atoms.